The SMILES string of the molecule is CC(NCC(C)C1CC1)c1cc(O)ccc1O. The maximum Gasteiger partial charge on any atom is 0.120 e. The van der Waals surface area contributed by atoms with E-state index in [1.807, 2.05) is 6.92 Å². The third-order valence-electron chi connectivity index (χ3n) is 3.65. The van der Waals surface area contributed by atoms with Crippen LogP contribution in [0.4, 0.5) is 0 Å². The smallest absolute Gasteiger partial charge is 0.120 e. The van der Waals surface area contributed by atoms with Gasteiger partial charge in [0.2, 0.25) is 0 Å². The normalized spacial score (nSPS) is 18.9. The zero-order valence-corrected chi connectivity index (χ0v) is 10.5. The lowest BCUT2D eigenvalue weighted by molar-refractivity contribution is 0.412. The first-order chi connectivity index (χ1) is 8.08. The molecule has 1 aromatic rings. The van der Waals surface area contributed by atoms with E-state index in [4.69, 9.17) is 0 Å². The molecule has 1 fully saturated rings. The van der Waals surface area contributed by atoms with Crippen molar-refractivity contribution >= 4 is 0 Å². The van der Waals surface area contributed by atoms with Crippen molar-refractivity contribution in [2.45, 2.75) is 32.7 Å². The molecule has 0 bridgehead atoms. The molecule has 0 amide bonds. The van der Waals surface area contributed by atoms with Crippen LogP contribution in [-0.2, 0) is 0 Å². The van der Waals surface area contributed by atoms with Crippen LogP contribution in [0.1, 0.15) is 38.3 Å². The van der Waals surface area contributed by atoms with Crippen LogP contribution in [-0.4, -0.2) is 16.8 Å². The Morgan fingerprint density at radius 1 is 1.29 bits per heavy atom. The second-order valence-electron chi connectivity index (χ2n) is 5.19. The molecule has 1 aliphatic rings. The van der Waals surface area contributed by atoms with E-state index in [0.717, 1.165) is 18.0 Å². The monoisotopic (exact) mass is 235 g/mol. The third-order valence-corrected chi connectivity index (χ3v) is 3.65. The van der Waals surface area contributed by atoms with Crippen molar-refractivity contribution in [1.82, 2.24) is 5.32 Å². The molecular formula is C14H21NO2. The van der Waals surface area contributed by atoms with E-state index < -0.39 is 0 Å². The molecule has 0 spiro atoms. The highest BCUT2D eigenvalue weighted by molar-refractivity contribution is 5.40. The highest BCUT2D eigenvalue weighted by Gasteiger charge is 2.27. The molecule has 94 valence electrons. The average molecular weight is 235 g/mol. The molecule has 2 unspecified atom stereocenters. The number of aromatic hydroxyl groups is 2. The first-order valence-electron chi connectivity index (χ1n) is 6.33. The van der Waals surface area contributed by atoms with E-state index in [-0.39, 0.29) is 17.5 Å². The molecule has 0 aliphatic heterocycles. The highest BCUT2D eigenvalue weighted by Crippen LogP contribution is 2.36. The van der Waals surface area contributed by atoms with Crippen molar-refractivity contribution in [3.05, 3.63) is 23.8 Å². The molecule has 17 heavy (non-hydrogen) atoms. The van der Waals surface area contributed by atoms with Crippen molar-refractivity contribution < 1.29 is 10.2 Å². The summed E-state index contributed by atoms with van der Waals surface area (Å²) in [5.74, 6) is 2.01. The van der Waals surface area contributed by atoms with Crippen molar-refractivity contribution in [3.63, 3.8) is 0 Å². The quantitative estimate of drug-likeness (QED) is 0.688. The first kappa shape index (κ1) is 12.2. The number of rotatable bonds is 5. The molecule has 0 aromatic heterocycles. The summed E-state index contributed by atoms with van der Waals surface area (Å²) >= 11 is 0. The predicted molar refractivity (Wildman–Crippen MR) is 68.1 cm³/mol. The fraction of sp³-hybridized carbons (Fsp3) is 0.571. The van der Waals surface area contributed by atoms with Gasteiger partial charge in [-0.15, -0.1) is 0 Å². The van der Waals surface area contributed by atoms with Crippen molar-refractivity contribution in [2.24, 2.45) is 11.8 Å². The summed E-state index contributed by atoms with van der Waals surface area (Å²) < 4.78 is 0. The van der Waals surface area contributed by atoms with Gasteiger partial charge in [0.1, 0.15) is 11.5 Å². The van der Waals surface area contributed by atoms with E-state index in [9.17, 15) is 10.2 Å². The molecule has 2 rings (SSSR count). The van der Waals surface area contributed by atoms with Crippen LogP contribution in [0.5, 0.6) is 11.5 Å². The molecular weight excluding hydrogens is 214 g/mol. The molecule has 1 saturated carbocycles. The standard InChI is InChI=1S/C14H21NO2/c1-9(11-3-4-11)8-15-10(2)13-7-12(16)5-6-14(13)17/h5-7,9-11,15-17H,3-4,8H2,1-2H3. The van der Waals surface area contributed by atoms with E-state index in [1.54, 1.807) is 6.07 Å². The van der Waals surface area contributed by atoms with Crippen molar-refractivity contribution in [2.75, 3.05) is 6.54 Å². The molecule has 3 heteroatoms. The highest BCUT2D eigenvalue weighted by atomic mass is 16.3. The summed E-state index contributed by atoms with van der Waals surface area (Å²) in [6.07, 6.45) is 2.71. The maximum absolute atomic E-state index is 9.74. The zero-order valence-electron chi connectivity index (χ0n) is 10.5. The average Bonchev–Trinajstić information content (AvgIpc) is 3.12. The molecule has 0 saturated heterocycles. The number of hydrogen-bond donors (Lipinski definition) is 3. The van der Waals surface area contributed by atoms with Crippen LogP contribution in [0, 0.1) is 11.8 Å². The van der Waals surface area contributed by atoms with Crippen LogP contribution in [0.2, 0.25) is 0 Å². The Labute approximate surface area is 102 Å². The van der Waals surface area contributed by atoms with Crippen LogP contribution < -0.4 is 5.32 Å². The lowest BCUT2D eigenvalue weighted by atomic mass is 10.0. The van der Waals surface area contributed by atoms with Gasteiger partial charge in [0.25, 0.3) is 0 Å². The van der Waals surface area contributed by atoms with Gasteiger partial charge in [0.15, 0.2) is 0 Å². The number of hydrogen-bond acceptors (Lipinski definition) is 3. The summed E-state index contributed by atoms with van der Waals surface area (Å²) in [5.41, 5.74) is 0.757. The molecule has 2 atom stereocenters. The van der Waals surface area contributed by atoms with Gasteiger partial charge < -0.3 is 15.5 Å². The van der Waals surface area contributed by atoms with E-state index in [0.29, 0.717) is 5.92 Å². The summed E-state index contributed by atoms with van der Waals surface area (Å²) in [7, 11) is 0. The Balaban J connectivity index is 1.93. The zero-order chi connectivity index (χ0) is 12.4. The van der Waals surface area contributed by atoms with Crippen LogP contribution in [0.25, 0.3) is 0 Å². The first-order valence-corrected chi connectivity index (χ1v) is 6.33. The van der Waals surface area contributed by atoms with Gasteiger partial charge in [-0.3, -0.25) is 0 Å². The second kappa shape index (κ2) is 4.96. The Morgan fingerprint density at radius 2 is 2.00 bits per heavy atom. The Hall–Kier alpha value is -1.22. The van der Waals surface area contributed by atoms with E-state index >= 15 is 0 Å². The Kier molecular flexibility index (Phi) is 3.57. The van der Waals surface area contributed by atoms with Crippen LogP contribution >= 0.6 is 0 Å². The number of benzene rings is 1. The lowest BCUT2D eigenvalue weighted by Gasteiger charge is -2.18. The minimum absolute atomic E-state index is 0.0586. The van der Waals surface area contributed by atoms with Gasteiger partial charge in [0.05, 0.1) is 0 Å². The molecule has 3 nitrogen and oxygen atoms in total. The van der Waals surface area contributed by atoms with Crippen molar-refractivity contribution in [3.8, 4) is 11.5 Å². The number of nitrogens with one attached hydrogen (secondary N) is 1. The minimum Gasteiger partial charge on any atom is -0.508 e. The van der Waals surface area contributed by atoms with Crippen LogP contribution in [0.15, 0.2) is 18.2 Å². The maximum atomic E-state index is 9.74. The Morgan fingerprint density at radius 3 is 2.65 bits per heavy atom. The largest absolute Gasteiger partial charge is 0.508 e. The summed E-state index contributed by atoms with van der Waals surface area (Å²) in [6, 6.07) is 4.71. The van der Waals surface area contributed by atoms with Crippen molar-refractivity contribution in [1.29, 1.82) is 0 Å². The fourth-order valence-corrected chi connectivity index (χ4v) is 2.19. The molecule has 1 aromatic carbocycles. The van der Waals surface area contributed by atoms with Gasteiger partial charge in [-0.1, -0.05) is 6.92 Å². The van der Waals surface area contributed by atoms with Gasteiger partial charge >= 0.3 is 0 Å². The Bertz CT molecular complexity index is 388. The fourth-order valence-electron chi connectivity index (χ4n) is 2.19. The van der Waals surface area contributed by atoms with Gasteiger partial charge in [-0.2, -0.15) is 0 Å². The molecule has 1 aliphatic carbocycles. The third kappa shape index (κ3) is 3.13. The molecule has 0 radical (unpaired) electrons. The van der Waals surface area contributed by atoms with E-state index in [1.165, 1.54) is 25.0 Å². The van der Waals surface area contributed by atoms with Gasteiger partial charge in [0, 0.05) is 11.6 Å². The minimum atomic E-state index is 0.0586. The second-order valence-corrected chi connectivity index (χ2v) is 5.19. The molecule has 0 heterocycles. The number of phenols is 2. The topological polar surface area (TPSA) is 52.5 Å². The number of phenolic OH excluding ortho intramolecular Hbond substituents is 2. The molecule has 3 N–H and O–H groups in total. The summed E-state index contributed by atoms with van der Waals surface area (Å²) in [6.45, 7) is 5.23. The van der Waals surface area contributed by atoms with E-state index in [2.05, 4.69) is 12.2 Å². The van der Waals surface area contributed by atoms with Crippen LogP contribution in [0.3, 0.4) is 0 Å². The van der Waals surface area contributed by atoms with Gasteiger partial charge in [-0.05, 0) is 56.3 Å². The predicted octanol–water partition coefficient (Wildman–Crippen LogP) is 2.79. The van der Waals surface area contributed by atoms with Gasteiger partial charge in [-0.25, -0.2) is 0 Å². The lowest BCUT2D eigenvalue weighted by Crippen LogP contribution is -2.25. The summed E-state index contributed by atoms with van der Waals surface area (Å²) in [4.78, 5) is 0. The summed E-state index contributed by atoms with van der Waals surface area (Å²) in [5, 5.41) is 22.6.